The van der Waals surface area contributed by atoms with Crippen LogP contribution in [0.4, 0.5) is 13.2 Å². The van der Waals surface area contributed by atoms with Gasteiger partial charge < -0.3 is 10.2 Å². The van der Waals surface area contributed by atoms with E-state index in [0.717, 1.165) is 14.7 Å². The first-order valence-electron chi connectivity index (χ1n) is 11.0. The quantitative estimate of drug-likeness (QED) is 0.384. The molecule has 0 bridgehead atoms. The van der Waals surface area contributed by atoms with Gasteiger partial charge in [-0.3, -0.25) is 9.13 Å². The Morgan fingerprint density at radius 3 is 2.42 bits per heavy atom. The van der Waals surface area contributed by atoms with E-state index in [-0.39, 0.29) is 23.9 Å². The van der Waals surface area contributed by atoms with Gasteiger partial charge in [0.1, 0.15) is 6.10 Å². The summed E-state index contributed by atoms with van der Waals surface area (Å²) in [5, 5.41) is 24.7. The second-order valence-corrected chi connectivity index (χ2v) is 8.85. The van der Waals surface area contributed by atoms with Crippen molar-refractivity contribution in [3.63, 3.8) is 0 Å². The number of hydrogen-bond acceptors (Lipinski definition) is 5. The van der Waals surface area contributed by atoms with Crippen LogP contribution < -0.4 is 5.69 Å². The maximum Gasteiger partial charge on any atom is 0.416 e. The van der Waals surface area contributed by atoms with Crippen LogP contribution in [-0.4, -0.2) is 46.4 Å². The topological polar surface area (TPSA) is 98.1 Å². The van der Waals surface area contributed by atoms with Crippen molar-refractivity contribution >= 4 is 11.6 Å². The molecule has 0 aliphatic carbocycles. The number of rotatable bonds is 7. The van der Waals surface area contributed by atoms with Crippen LogP contribution >= 0.6 is 11.6 Å². The highest BCUT2D eigenvalue weighted by atomic mass is 35.5. The number of halogens is 4. The first-order valence-corrected chi connectivity index (χ1v) is 11.3. The summed E-state index contributed by atoms with van der Waals surface area (Å²) in [6, 6.07) is 13.6. The molecule has 4 aromatic rings. The van der Waals surface area contributed by atoms with Crippen molar-refractivity contribution in [2.24, 2.45) is 0 Å². The number of aliphatic hydroxyl groups excluding tert-OH is 2. The molecule has 0 aliphatic heterocycles. The average molecular weight is 522 g/mol. The maximum absolute atomic E-state index is 13.1. The van der Waals surface area contributed by atoms with E-state index >= 15 is 0 Å². The van der Waals surface area contributed by atoms with Crippen molar-refractivity contribution < 1.29 is 23.4 Å². The molecule has 4 rings (SSSR count). The van der Waals surface area contributed by atoms with Crippen molar-refractivity contribution in [2.75, 3.05) is 0 Å². The van der Waals surface area contributed by atoms with Gasteiger partial charge in [-0.15, -0.1) is 5.10 Å². The van der Waals surface area contributed by atoms with Crippen LogP contribution in [0.15, 0.2) is 59.5 Å². The van der Waals surface area contributed by atoms with Crippen molar-refractivity contribution in [1.82, 2.24) is 23.9 Å². The standard InChI is InChI=1S/C24H23ClF3N5O3/c1-14-4-3-5-18(10-14)33-22(15(2)34)29-21(30-33)13-31-11-19(16-6-8-17(25)9-7-16)32(23(31)36)12-20(35)24(26,27)28/h3-11,15,20,34-35H,12-13H2,1-2H3/t15-,20-/m0/s1. The Morgan fingerprint density at radius 2 is 1.81 bits per heavy atom. The van der Waals surface area contributed by atoms with E-state index in [2.05, 4.69) is 10.1 Å². The minimum absolute atomic E-state index is 0.161. The molecule has 2 aromatic carbocycles. The summed E-state index contributed by atoms with van der Waals surface area (Å²) >= 11 is 5.93. The number of hydrogen-bond donors (Lipinski definition) is 2. The second-order valence-electron chi connectivity index (χ2n) is 8.41. The summed E-state index contributed by atoms with van der Waals surface area (Å²) in [4.78, 5) is 17.5. The largest absolute Gasteiger partial charge is 0.416 e. The molecular formula is C24H23ClF3N5O3. The Hall–Kier alpha value is -3.41. The molecule has 0 fully saturated rings. The third kappa shape index (κ3) is 5.38. The van der Waals surface area contributed by atoms with Gasteiger partial charge in [0.25, 0.3) is 0 Å². The Balaban J connectivity index is 1.77. The Bertz CT molecular complexity index is 1420. The summed E-state index contributed by atoms with van der Waals surface area (Å²) in [5.74, 6) is 0.416. The summed E-state index contributed by atoms with van der Waals surface area (Å²) in [6.07, 6.45) is -7.24. The molecule has 12 heteroatoms. The fraction of sp³-hybridized carbons (Fsp3) is 0.292. The fourth-order valence-corrected chi connectivity index (χ4v) is 3.88. The third-order valence-electron chi connectivity index (χ3n) is 5.53. The van der Waals surface area contributed by atoms with Crippen LogP contribution in [0.2, 0.25) is 5.02 Å². The molecular weight excluding hydrogens is 499 g/mol. The smallest absolute Gasteiger partial charge is 0.385 e. The van der Waals surface area contributed by atoms with Crippen molar-refractivity contribution in [3.05, 3.63) is 87.4 Å². The summed E-state index contributed by atoms with van der Waals surface area (Å²) < 4.78 is 42.7. The molecule has 2 atom stereocenters. The molecule has 8 nitrogen and oxygen atoms in total. The SMILES string of the molecule is Cc1cccc(-n2nc(Cn3cc(-c4ccc(Cl)cc4)n(C[C@H](O)C(F)(F)F)c3=O)nc2[C@H](C)O)c1. The highest BCUT2D eigenvalue weighted by Gasteiger charge is 2.39. The average Bonchev–Trinajstić information content (AvgIpc) is 3.36. The molecule has 36 heavy (non-hydrogen) atoms. The third-order valence-corrected chi connectivity index (χ3v) is 5.78. The van der Waals surface area contributed by atoms with E-state index in [9.17, 15) is 28.2 Å². The molecule has 0 aliphatic rings. The van der Waals surface area contributed by atoms with Gasteiger partial charge in [-0.25, -0.2) is 14.5 Å². The monoisotopic (exact) mass is 521 g/mol. The van der Waals surface area contributed by atoms with Gasteiger partial charge in [-0.05, 0) is 49.2 Å². The zero-order chi connectivity index (χ0) is 26.2. The number of alkyl halides is 3. The van der Waals surface area contributed by atoms with Crippen LogP contribution in [0, 0.1) is 6.92 Å². The Kier molecular flexibility index (Phi) is 7.07. The first kappa shape index (κ1) is 25.7. The Morgan fingerprint density at radius 1 is 1.11 bits per heavy atom. The van der Waals surface area contributed by atoms with E-state index < -0.39 is 30.6 Å². The molecule has 0 saturated heterocycles. The molecule has 2 N–H and O–H groups in total. The normalized spacial score (nSPS) is 13.7. The lowest BCUT2D eigenvalue weighted by atomic mass is 10.1. The molecule has 0 saturated carbocycles. The number of aryl methyl sites for hydroxylation is 1. The number of benzene rings is 2. The van der Waals surface area contributed by atoms with E-state index in [4.69, 9.17) is 11.6 Å². The summed E-state index contributed by atoms with van der Waals surface area (Å²) in [6.45, 7) is 2.27. The van der Waals surface area contributed by atoms with Gasteiger partial charge in [0, 0.05) is 11.2 Å². The zero-order valence-electron chi connectivity index (χ0n) is 19.3. The van der Waals surface area contributed by atoms with E-state index in [0.29, 0.717) is 16.3 Å². The maximum atomic E-state index is 13.1. The highest BCUT2D eigenvalue weighted by Crippen LogP contribution is 2.25. The van der Waals surface area contributed by atoms with Gasteiger partial charge in [0.2, 0.25) is 0 Å². The summed E-state index contributed by atoms with van der Waals surface area (Å²) in [7, 11) is 0. The van der Waals surface area contributed by atoms with Crippen LogP contribution in [0.3, 0.4) is 0 Å². The number of aliphatic hydroxyl groups is 2. The van der Waals surface area contributed by atoms with E-state index in [1.807, 2.05) is 25.1 Å². The van der Waals surface area contributed by atoms with Gasteiger partial charge in [-0.1, -0.05) is 35.9 Å². The fourth-order valence-electron chi connectivity index (χ4n) is 3.76. The minimum Gasteiger partial charge on any atom is -0.385 e. The number of imidazole rings is 1. The van der Waals surface area contributed by atoms with Gasteiger partial charge >= 0.3 is 11.9 Å². The van der Waals surface area contributed by atoms with Gasteiger partial charge in [0.05, 0.1) is 24.5 Å². The van der Waals surface area contributed by atoms with Crippen molar-refractivity contribution in [2.45, 2.75) is 45.3 Å². The van der Waals surface area contributed by atoms with Crippen LogP contribution in [0.25, 0.3) is 16.9 Å². The molecule has 0 radical (unpaired) electrons. The number of aromatic nitrogens is 5. The first-order chi connectivity index (χ1) is 16.9. The zero-order valence-corrected chi connectivity index (χ0v) is 20.1. The van der Waals surface area contributed by atoms with Crippen LogP contribution in [0.5, 0.6) is 0 Å². The molecule has 190 valence electrons. The molecule has 2 heterocycles. The lowest BCUT2D eigenvalue weighted by molar-refractivity contribution is -0.207. The van der Waals surface area contributed by atoms with Crippen molar-refractivity contribution in [1.29, 1.82) is 0 Å². The minimum atomic E-state index is -4.90. The van der Waals surface area contributed by atoms with Gasteiger partial charge in [-0.2, -0.15) is 13.2 Å². The molecule has 0 spiro atoms. The van der Waals surface area contributed by atoms with E-state index in [1.165, 1.54) is 17.8 Å². The van der Waals surface area contributed by atoms with E-state index in [1.54, 1.807) is 30.3 Å². The number of nitrogens with zero attached hydrogens (tertiary/aromatic N) is 5. The van der Waals surface area contributed by atoms with Crippen LogP contribution in [0.1, 0.15) is 30.2 Å². The second kappa shape index (κ2) is 9.92. The highest BCUT2D eigenvalue weighted by molar-refractivity contribution is 6.30. The lowest BCUT2D eigenvalue weighted by Crippen LogP contribution is -2.37. The predicted octanol–water partition coefficient (Wildman–Crippen LogP) is 3.88. The van der Waals surface area contributed by atoms with Gasteiger partial charge in [0.15, 0.2) is 17.8 Å². The lowest BCUT2D eigenvalue weighted by Gasteiger charge is -2.16. The molecule has 0 unspecified atom stereocenters. The Labute approximate surface area is 208 Å². The van der Waals surface area contributed by atoms with Crippen molar-refractivity contribution in [3.8, 4) is 16.9 Å². The predicted molar refractivity (Wildman–Crippen MR) is 127 cm³/mol. The molecule has 0 amide bonds. The summed E-state index contributed by atoms with van der Waals surface area (Å²) in [5.41, 5.74) is 1.44. The van der Waals surface area contributed by atoms with Crippen LogP contribution in [-0.2, 0) is 13.1 Å². The molecule has 2 aromatic heterocycles.